The zero-order chi connectivity index (χ0) is 13.7. The molecule has 0 amide bonds. The Bertz CT molecular complexity index is 539. The molecule has 1 aromatic carbocycles. The SMILES string of the molecule is Cn1ccnc1CCOc1c(Br)cccc1CCN. The fraction of sp³-hybridized carbons (Fsp3) is 0.357. The van der Waals surface area contributed by atoms with Crippen molar-refractivity contribution in [1.82, 2.24) is 9.55 Å². The van der Waals surface area contributed by atoms with E-state index < -0.39 is 0 Å². The van der Waals surface area contributed by atoms with Gasteiger partial charge >= 0.3 is 0 Å². The highest BCUT2D eigenvalue weighted by molar-refractivity contribution is 9.10. The topological polar surface area (TPSA) is 53.1 Å². The Kier molecular flexibility index (Phi) is 4.99. The molecule has 4 nitrogen and oxygen atoms in total. The standard InChI is InChI=1S/C14H18BrN3O/c1-18-9-8-17-13(18)6-10-19-14-11(5-7-16)3-2-4-12(14)15/h2-4,8-9H,5-7,10,16H2,1H3. The number of para-hydroxylation sites is 1. The molecule has 2 rings (SSSR count). The number of aromatic nitrogens is 2. The third-order valence-corrected chi connectivity index (χ3v) is 3.58. The Morgan fingerprint density at radius 1 is 1.37 bits per heavy atom. The van der Waals surface area contributed by atoms with Crippen LogP contribution in [0.1, 0.15) is 11.4 Å². The molecule has 0 fully saturated rings. The Hall–Kier alpha value is -1.33. The highest BCUT2D eigenvalue weighted by Crippen LogP contribution is 2.29. The van der Waals surface area contributed by atoms with Gasteiger partial charge in [0.15, 0.2) is 0 Å². The summed E-state index contributed by atoms with van der Waals surface area (Å²) in [5.41, 5.74) is 6.76. The van der Waals surface area contributed by atoms with Crippen LogP contribution in [0.5, 0.6) is 5.75 Å². The number of benzene rings is 1. The lowest BCUT2D eigenvalue weighted by molar-refractivity contribution is 0.312. The lowest BCUT2D eigenvalue weighted by Crippen LogP contribution is -2.09. The van der Waals surface area contributed by atoms with E-state index in [1.54, 1.807) is 6.20 Å². The van der Waals surface area contributed by atoms with E-state index in [9.17, 15) is 0 Å². The normalized spacial score (nSPS) is 10.7. The van der Waals surface area contributed by atoms with Crippen LogP contribution in [-0.2, 0) is 19.9 Å². The van der Waals surface area contributed by atoms with E-state index in [4.69, 9.17) is 10.5 Å². The van der Waals surface area contributed by atoms with E-state index in [0.717, 1.165) is 34.5 Å². The molecule has 5 heteroatoms. The number of nitrogens with zero attached hydrogens (tertiary/aromatic N) is 2. The van der Waals surface area contributed by atoms with Crippen molar-refractivity contribution in [3.05, 3.63) is 46.5 Å². The van der Waals surface area contributed by atoms with Crippen LogP contribution in [0.3, 0.4) is 0 Å². The first-order valence-corrected chi connectivity index (χ1v) is 7.08. The molecule has 1 heterocycles. The zero-order valence-electron chi connectivity index (χ0n) is 11.0. The van der Waals surface area contributed by atoms with Crippen molar-refractivity contribution >= 4 is 15.9 Å². The summed E-state index contributed by atoms with van der Waals surface area (Å²) in [5.74, 6) is 1.91. The lowest BCUT2D eigenvalue weighted by Gasteiger charge is -2.12. The minimum atomic E-state index is 0.602. The fourth-order valence-electron chi connectivity index (χ4n) is 1.95. The molecule has 2 aromatic rings. The Morgan fingerprint density at radius 2 is 2.21 bits per heavy atom. The molecule has 19 heavy (non-hydrogen) atoms. The minimum absolute atomic E-state index is 0.602. The van der Waals surface area contributed by atoms with Gasteiger partial charge in [-0.15, -0.1) is 0 Å². The first-order valence-electron chi connectivity index (χ1n) is 6.29. The van der Waals surface area contributed by atoms with E-state index in [1.165, 1.54) is 0 Å². The third-order valence-electron chi connectivity index (χ3n) is 2.96. The van der Waals surface area contributed by atoms with Crippen LogP contribution in [0.15, 0.2) is 35.1 Å². The summed E-state index contributed by atoms with van der Waals surface area (Å²) in [4.78, 5) is 4.28. The largest absolute Gasteiger partial charge is 0.492 e. The number of aryl methyl sites for hydroxylation is 1. The number of hydrogen-bond acceptors (Lipinski definition) is 3. The van der Waals surface area contributed by atoms with Gasteiger partial charge in [0.2, 0.25) is 0 Å². The van der Waals surface area contributed by atoms with Gasteiger partial charge in [0.1, 0.15) is 11.6 Å². The van der Waals surface area contributed by atoms with Crippen molar-refractivity contribution < 1.29 is 4.74 Å². The maximum absolute atomic E-state index is 5.89. The van der Waals surface area contributed by atoms with Gasteiger partial charge in [-0.1, -0.05) is 12.1 Å². The van der Waals surface area contributed by atoms with E-state index in [0.29, 0.717) is 13.2 Å². The molecule has 0 saturated carbocycles. The molecule has 0 aliphatic rings. The summed E-state index contributed by atoms with van der Waals surface area (Å²) in [6.45, 7) is 1.22. The zero-order valence-corrected chi connectivity index (χ0v) is 12.6. The Labute approximate surface area is 121 Å². The minimum Gasteiger partial charge on any atom is -0.492 e. The highest BCUT2D eigenvalue weighted by atomic mass is 79.9. The van der Waals surface area contributed by atoms with Gasteiger partial charge in [-0.3, -0.25) is 0 Å². The molecule has 1 aromatic heterocycles. The van der Waals surface area contributed by atoms with Crippen molar-refractivity contribution in [3.8, 4) is 5.75 Å². The summed E-state index contributed by atoms with van der Waals surface area (Å²) in [6, 6.07) is 6.03. The van der Waals surface area contributed by atoms with E-state index in [2.05, 4.69) is 20.9 Å². The van der Waals surface area contributed by atoms with Crippen molar-refractivity contribution in [3.63, 3.8) is 0 Å². The predicted octanol–water partition coefficient (Wildman–Crippen LogP) is 2.31. The maximum Gasteiger partial charge on any atom is 0.136 e. The lowest BCUT2D eigenvalue weighted by atomic mass is 10.1. The van der Waals surface area contributed by atoms with Gasteiger partial charge in [-0.2, -0.15) is 0 Å². The molecular weight excluding hydrogens is 306 g/mol. The van der Waals surface area contributed by atoms with Crippen LogP contribution in [0, 0.1) is 0 Å². The molecule has 0 bridgehead atoms. The summed E-state index contributed by atoms with van der Waals surface area (Å²) < 4.78 is 8.87. The Balaban J connectivity index is 2.01. The molecule has 0 unspecified atom stereocenters. The number of imidazole rings is 1. The quantitative estimate of drug-likeness (QED) is 0.887. The van der Waals surface area contributed by atoms with Gasteiger partial charge in [-0.05, 0) is 40.5 Å². The number of ether oxygens (including phenoxy) is 1. The number of rotatable bonds is 6. The van der Waals surface area contributed by atoms with Gasteiger partial charge in [0, 0.05) is 25.9 Å². The summed E-state index contributed by atoms with van der Waals surface area (Å²) >= 11 is 3.52. The smallest absolute Gasteiger partial charge is 0.136 e. The average Bonchev–Trinajstić information content (AvgIpc) is 2.79. The first-order chi connectivity index (χ1) is 9.22. The summed E-state index contributed by atoms with van der Waals surface area (Å²) in [6.07, 6.45) is 5.34. The van der Waals surface area contributed by atoms with Crippen molar-refractivity contribution in [2.45, 2.75) is 12.8 Å². The average molecular weight is 324 g/mol. The maximum atomic E-state index is 5.89. The molecular formula is C14H18BrN3O. The summed E-state index contributed by atoms with van der Waals surface area (Å²) in [7, 11) is 1.99. The molecule has 2 N–H and O–H groups in total. The fourth-order valence-corrected chi connectivity index (χ4v) is 2.47. The van der Waals surface area contributed by atoms with E-state index in [-0.39, 0.29) is 0 Å². The first kappa shape index (κ1) is 14.1. The van der Waals surface area contributed by atoms with Crippen LogP contribution >= 0.6 is 15.9 Å². The van der Waals surface area contributed by atoms with Crippen LogP contribution in [0.2, 0.25) is 0 Å². The molecule has 0 radical (unpaired) electrons. The van der Waals surface area contributed by atoms with Gasteiger partial charge in [0.25, 0.3) is 0 Å². The van der Waals surface area contributed by atoms with Crippen LogP contribution in [-0.4, -0.2) is 22.7 Å². The second kappa shape index (κ2) is 6.73. The molecule has 0 atom stereocenters. The van der Waals surface area contributed by atoms with Gasteiger partial charge < -0.3 is 15.0 Å². The third kappa shape index (κ3) is 3.58. The number of hydrogen-bond donors (Lipinski definition) is 1. The summed E-state index contributed by atoms with van der Waals surface area (Å²) in [5, 5.41) is 0. The van der Waals surface area contributed by atoms with Crippen molar-refractivity contribution in [2.75, 3.05) is 13.2 Å². The second-order valence-electron chi connectivity index (χ2n) is 4.32. The molecule has 0 saturated heterocycles. The van der Waals surface area contributed by atoms with E-state index >= 15 is 0 Å². The van der Waals surface area contributed by atoms with E-state index in [1.807, 2.05) is 36.0 Å². The molecule has 102 valence electrons. The van der Waals surface area contributed by atoms with Gasteiger partial charge in [0.05, 0.1) is 11.1 Å². The van der Waals surface area contributed by atoms with Crippen LogP contribution in [0.4, 0.5) is 0 Å². The van der Waals surface area contributed by atoms with Crippen molar-refractivity contribution in [1.29, 1.82) is 0 Å². The van der Waals surface area contributed by atoms with Gasteiger partial charge in [-0.25, -0.2) is 4.98 Å². The van der Waals surface area contributed by atoms with Crippen LogP contribution < -0.4 is 10.5 Å². The Morgan fingerprint density at radius 3 is 2.89 bits per heavy atom. The second-order valence-corrected chi connectivity index (χ2v) is 5.17. The number of halogens is 1. The molecule has 0 spiro atoms. The van der Waals surface area contributed by atoms with Crippen molar-refractivity contribution in [2.24, 2.45) is 12.8 Å². The molecule has 0 aliphatic carbocycles. The monoisotopic (exact) mass is 323 g/mol. The highest BCUT2D eigenvalue weighted by Gasteiger charge is 2.08. The number of nitrogens with two attached hydrogens (primary N) is 1. The molecule has 0 aliphatic heterocycles. The van der Waals surface area contributed by atoms with Crippen LogP contribution in [0.25, 0.3) is 0 Å². The predicted molar refractivity (Wildman–Crippen MR) is 79.3 cm³/mol.